The second-order valence-electron chi connectivity index (χ2n) is 28.7. The van der Waals surface area contributed by atoms with Gasteiger partial charge in [-0.15, -0.1) is 0 Å². The number of hydrogen-bond acceptors (Lipinski definition) is 6. The summed E-state index contributed by atoms with van der Waals surface area (Å²) in [7, 11) is 0. The third-order valence-electron chi connectivity index (χ3n) is 22.4. The topological polar surface area (TPSA) is 52.7 Å². The lowest BCUT2D eigenvalue weighted by molar-refractivity contribution is 0.671. The minimum atomic E-state index is -0.0420. The molecule has 508 valence electrons. The van der Waals surface area contributed by atoms with Gasteiger partial charge in [0.15, 0.2) is 5.58 Å². The SMILES string of the molecule is [C-]#[N+]c1cc2c(C(C)C)c(N3C=CC=CC3)c3cc(/C(=N/c4ccccc4)c4ccccc4)c4c5ccc(N6CC=C(c7cccc8ccccc78)c7ccccc76)cc5oc4c3c2c2c1oc1c(N(c3c4ccccc4c(-c4ccccc4)c4ccccc34)c3cc4ccccc4c4ccccc34)cccc12. The number of allylic oxidation sites excluding steroid dienone is 2. The van der Waals surface area contributed by atoms with Crippen LogP contribution in [-0.4, -0.2) is 18.8 Å². The third kappa shape index (κ3) is 9.70. The molecule has 19 aromatic rings. The first-order chi connectivity index (χ1) is 53.4. The Hall–Kier alpha value is -14.1. The molecule has 0 unspecified atom stereocenters. The first-order valence-electron chi connectivity index (χ1n) is 37.1. The summed E-state index contributed by atoms with van der Waals surface area (Å²) in [6.45, 7) is 15.2. The van der Waals surface area contributed by atoms with Crippen molar-refractivity contribution < 1.29 is 8.83 Å². The molecule has 2 aliphatic heterocycles. The number of para-hydroxylation sites is 3. The lowest BCUT2D eigenvalue weighted by atomic mass is 9.84. The van der Waals surface area contributed by atoms with Gasteiger partial charge in [0.2, 0.25) is 5.69 Å². The van der Waals surface area contributed by atoms with Crippen molar-refractivity contribution in [1.82, 2.24) is 0 Å². The number of benzene rings is 17. The van der Waals surface area contributed by atoms with Gasteiger partial charge in [-0.05, 0) is 138 Å². The molecule has 0 fully saturated rings. The highest BCUT2D eigenvalue weighted by atomic mass is 16.3. The van der Waals surface area contributed by atoms with Crippen molar-refractivity contribution in [3.05, 3.63) is 379 Å². The molecule has 108 heavy (non-hydrogen) atoms. The van der Waals surface area contributed by atoms with E-state index >= 15 is 0 Å². The molecular weight excluding hydrogens is 1320 g/mol. The largest absolute Gasteiger partial charge is 0.465 e. The van der Waals surface area contributed by atoms with Crippen LogP contribution < -0.4 is 14.7 Å². The number of furan rings is 2. The van der Waals surface area contributed by atoms with Gasteiger partial charge in [-0.1, -0.05) is 281 Å². The van der Waals surface area contributed by atoms with Crippen molar-refractivity contribution in [2.75, 3.05) is 27.8 Å². The Morgan fingerprint density at radius 2 is 1.08 bits per heavy atom. The van der Waals surface area contributed by atoms with E-state index in [0.29, 0.717) is 35.5 Å². The van der Waals surface area contributed by atoms with Crippen molar-refractivity contribution in [1.29, 1.82) is 0 Å². The van der Waals surface area contributed by atoms with Gasteiger partial charge >= 0.3 is 0 Å². The molecule has 0 saturated carbocycles. The van der Waals surface area contributed by atoms with Crippen molar-refractivity contribution >= 4 is 176 Å². The lowest BCUT2D eigenvalue weighted by Crippen LogP contribution is -2.22. The summed E-state index contributed by atoms with van der Waals surface area (Å²) < 4.78 is 15.8. The van der Waals surface area contributed by atoms with Gasteiger partial charge < -0.3 is 23.5 Å². The Kier molecular flexibility index (Phi) is 14.5. The average Bonchev–Trinajstić information content (AvgIpc) is 1.48. The molecule has 7 heteroatoms. The summed E-state index contributed by atoms with van der Waals surface area (Å²) in [5.41, 5.74) is 19.6. The standard InChI is InChI=1S/C101H67N5O2/c1-62(2)90-82-61-85(102-3)100-94(81-49-29-51-87(99(81)108-100)106(88-58-66-35-15-17-40-70(66)72-41-18-19-43-75(72)88)97-78-46-22-20-44-76(78)91(64-31-8-4-9-32-64)77-45-21-23-47-79(77)97)93(82)95-84(98(90)104-55-26-7-27-56-104)60-83(96(65-33-10-5-11-34-65)103-67-37-12-6-13-38-67)92-80-53-52-68(59-89(80)107-101(92)95)105-57-54-73(74-42-24-25-50-86(74)105)71-48-28-36-63-30-14-16-39-69(63)71/h4-55,58-62H,56-57H2,1-2H3/b103-96+. The number of anilines is 6. The van der Waals surface area contributed by atoms with Crippen LogP contribution in [0, 0.1) is 6.57 Å². The van der Waals surface area contributed by atoms with E-state index < -0.39 is 0 Å². The molecule has 0 N–H and O–H groups in total. The predicted octanol–water partition coefficient (Wildman–Crippen LogP) is 28.0. The van der Waals surface area contributed by atoms with Gasteiger partial charge in [0.1, 0.15) is 16.7 Å². The Bertz CT molecular complexity index is 7110. The zero-order valence-corrected chi connectivity index (χ0v) is 59.4. The van der Waals surface area contributed by atoms with Gasteiger partial charge in [0.05, 0.1) is 40.7 Å². The number of aliphatic imine (C=N–C) groups is 1. The molecule has 7 nitrogen and oxygen atoms in total. The van der Waals surface area contributed by atoms with Crippen LogP contribution in [0.4, 0.5) is 45.5 Å². The van der Waals surface area contributed by atoms with E-state index in [1.165, 1.54) is 38.4 Å². The van der Waals surface area contributed by atoms with Crippen LogP contribution in [0.15, 0.2) is 354 Å². The smallest absolute Gasteiger partial charge is 0.230 e. The average molecular weight is 1380 g/mol. The summed E-state index contributed by atoms with van der Waals surface area (Å²) in [6.07, 6.45) is 11.1. The van der Waals surface area contributed by atoms with E-state index in [4.69, 9.17) is 13.8 Å². The summed E-state index contributed by atoms with van der Waals surface area (Å²) in [5.74, 6) is -0.0420. The summed E-state index contributed by atoms with van der Waals surface area (Å²) >= 11 is 0. The summed E-state index contributed by atoms with van der Waals surface area (Å²) in [6, 6.07) is 111. The molecule has 0 aliphatic carbocycles. The van der Waals surface area contributed by atoms with Crippen LogP contribution in [0.3, 0.4) is 0 Å². The van der Waals surface area contributed by atoms with Crippen molar-refractivity contribution in [3.8, 4) is 11.1 Å². The molecule has 21 rings (SSSR count). The highest BCUT2D eigenvalue weighted by Gasteiger charge is 2.34. The maximum absolute atomic E-state index is 9.39. The predicted molar refractivity (Wildman–Crippen MR) is 455 cm³/mol. The highest BCUT2D eigenvalue weighted by Crippen LogP contribution is 2.57. The second-order valence-corrected chi connectivity index (χ2v) is 28.7. The lowest BCUT2D eigenvalue weighted by Gasteiger charge is -2.31. The third-order valence-corrected chi connectivity index (χ3v) is 22.4. The number of hydrogen-bond donors (Lipinski definition) is 0. The fraction of sp³-hybridized carbons (Fsp3) is 0.0495. The molecule has 17 aromatic carbocycles. The Balaban J connectivity index is 0.903. The first-order valence-corrected chi connectivity index (χ1v) is 37.1. The van der Waals surface area contributed by atoms with Gasteiger partial charge in [-0.2, -0.15) is 0 Å². The Morgan fingerprint density at radius 3 is 1.83 bits per heavy atom. The number of nitrogens with zero attached hydrogens (tertiary/aromatic N) is 5. The van der Waals surface area contributed by atoms with Crippen LogP contribution in [-0.2, 0) is 0 Å². The minimum absolute atomic E-state index is 0.0420. The molecule has 0 amide bonds. The highest BCUT2D eigenvalue weighted by molar-refractivity contribution is 6.40. The zero-order chi connectivity index (χ0) is 71.7. The first kappa shape index (κ1) is 62.5. The quantitative estimate of drug-likeness (QED) is 0.0559. The summed E-state index contributed by atoms with van der Waals surface area (Å²) in [4.78, 5) is 17.5. The Morgan fingerprint density at radius 1 is 0.454 bits per heavy atom. The van der Waals surface area contributed by atoms with Crippen LogP contribution in [0.2, 0.25) is 0 Å². The van der Waals surface area contributed by atoms with E-state index in [0.717, 1.165) is 154 Å². The second kappa shape index (κ2) is 25.1. The monoisotopic (exact) mass is 1380 g/mol. The molecule has 0 radical (unpaired) electrons. The molecule has 4 heterocycles. The van der Waals surface area contributed by atoms with E-state index in [1.54, 1.807) is 0 Å². The van der Waals surface area contributed by atoms with Crippen molar-refractivity contribution in [3.63, 3.8) is 0 Å². The maximum atomic E-state index is 9.39. The minimum Gasteiger partial charge on any atom is -0.465 e. The van der Waals surface area contributed by atoms with Gasteiger partial charge in [-0.25, -0.2) is 9.84 Å². The molecule has 0 bridgehead atoms. The fourth-order valence-electron chi connectivity index (χ4n) is 17.9. The van der Waals surface area contributed by atoms with Crippen LogP contribution in [0.1, 0.15) is 47.6 Å². The zero-order valence-electron chi connectivity index (χ0n) is 59.4. The number of rotatable bonds is 11. The van der Waals surface area contributed by atoms with Crippen molar-refractivity contribution in [2.24, 2.45) is 4.99 Å². The molecule has 2 aliphatic rings. The van der Waals surface area contributed by atoms with E-state index in [1.807, 2.05) is 6.07 Å². The Labute approximate surface area is 623 Å². The van der Waals surface area contributed by atoms with Crippen LogP contribution in [0.25, 0.3) is 141 Å². The molecule has 0 spiro atoms. The molecule has 0 atom stereocenters. The van der Waals surface area contributed by atoms with Gasteiger partial charge in [0, 0.05) is 107 Å². The fourth-order valence-corrected chi connectivity index (χ4v) is 17.9. The molecular formula is C101H67N5O2. The van der Waals surface area contributed by atoms with Crippen molar-refractivity contribution in [2.45, 2.75) is 19.8 Å². The summed E-state index contributed by atoms with van der Waals surface area (Å²) in [5, 5.41) is 18.8. The van der Waals surface area contributed by atoms with Gasteiger partial charge in [-0.3, -0.25) is 0 Å². The van der Waals surface area contributed by atoms with E-state index in [2.05, 4.69) is 367 Å². The van der Waals surface area contributed by atoms with E-state index in [9.17, 15) is 6.57 Å². The maximum Gasteiger partial charge on any atom is 0.230 e. The molecule has 2 aromatic heterocycles. The van der Waals surface area contributed by atoms with E-state index in [-0.39, 0.29) is 5.92 Å². The van der Waals surface area contributed by atoms with Crippen LogP contribution >= 0.6 is 0 Å². The number of fused-ring (bicyclic) bond motifs is 18. The normalized spacial score (nSPS) is 13.3. The van der Waals surface area contributed by atoms with Crippen LogP contribution in [0.5, 0.6) is 0 Å². The molecule has 0 saturated heterocycles. The van der Waals surface area contributed by atoms with Gasteiger partial charge in [0.25, 0.3) is 0 Å².